The van der Waals surface area contributed by atoms with Crippen LogP contribution in [0, 0.1) is 0 Å². The normalized spacial score (nSPS) is 20.8. The van der Waals surface area contributed by atoms with Crippen molar-refractivity contribution in [3.8, 4) is 5.75 Å². The summed E-state index contributed by atoms with van der Waals surface area (Å²) in [6.45, 7) is 0. The third-order valence-corrected chi connectivity index (χ3v) is 5.49. The number of fused-ring (bicyclic) bond motifs is 3. The topological polar surface area (TPSA) is 24.8 Å². The van der Waals surface area contributed by atoms with Crippen molar-refractivity contribution in [1.29, 1.82) is 0 Å². The number of hydrogen-bond donors (Lipinski definition) is 0. The molecule has 2 aliphatic rings. The maximum atomic E-state index is 6.36. The van der Waals surface area contributed by atoms with Crippen molar-refractivity contribution in [3.05, 3.63) is 100 Å². The predicted octanol–water partition coefficient (Wildman–Crippen LogP) is 5.69. The van der Waals surface area contributed by atoms with Crippen LogP contribution in [0.3, 0.4) is 0 Å². The Morgan fingerprint density at radius 3 is 2.42 bits per heavy atom. The van der Waals surface area contributed by atoms with Gasteiger partial charge in [-0.3, -0.25) is 0 Å². The first-order chi connectivity index (χ1) is 12.8. The Bertz CT molecular complexity index is 969. The van der Waals surface area contributed by atoms with Crippen LogP contribution in [0.25, 0.3) is 0 Å². The van der Waals surface area contributed by atoms with E-state index in [-0.39, 0.29) is 12.3 Å². The quantitative estimate of drug-likeness (QED) is 0.547. The van der Waals surface area contributed by atoms with Gasteiger partial charge < -0.3 is 4.74 Å². The largest absolute Gasteiger partial charge is 0.464 e. The number of para-hydroxylation sites is 1. The Labute approximate surface area is 161 Å². The minimum atomic E-state index is -0.218. The molecule has 0 fully saturated rings. The lowest BCUT2D eigenvalue weighted by Gasteiger charge is -2.38. The predicted molar refractivity (Wildman–Crippen MR) is 106 cm³/mol. The molecule has 0 aliphatic carbocycles. The lowest BCUT2D eigenvalue weighted by Crippen LogP contribution is -2.33. The van der Waals surface area contributed by atoms with Crippen LogP contribution in [-0.2, 0) is 0 Å². The van der Waals surface area contributed by atoms with Crippen molar-refractivity contribution in [1.82, 2.24) is 5.01 Å². The van der Waals surface area contributed by atoms with Crippen molar-refractivity contribution < 1.29 is 4.74 Å². The number of hydrazone groups is 1. The van der Waals surface area contributed by atoms with Gasteiger partial charge in [-0.15, -0.1) is 0 Å². The van der Waals surface area contributed by atoms with Crippen LogP contribution in [0.2, 0.25) is 0 Å². The SMILES string of the molecule is Brc1ccc([C@H]2Oc3ccccc3[C@H]3CC(c4ccccc4)=NN32)cc1. The lowest BCUT2D eigenvalue weighted by atomic mass is 9.96. The fourth-order valence-corrected chi connectivity index (χ4v) is 3.95. The van der Waals surface area contributed by atoms with Crippen LogP contribution >= 0.6 is 15.9 Å². The van der Waals surface area contributed by atoms with Crippen LogP contribution in [-0.4, -0.2) is 10.7 Å². The van der Waals surface area contributed by atoms with Gasteiger partial charge >= 0.3 is 0 Å². The van der Waals surface area contributed by atoms with Gasteiger partial charge in [0.25, 0.3) is 0 Å². The van der Waals surface area contributed by atoms with E-state index in [1.165, 1.54) is 11.1 Å². The minimum Gasteiger partial charge on any atom is -0.464 e. The third-order valence-electron chi connectivity index (χ3n) is 4.96. The van der Waals surface area contributed by atoms with E-state index in [2.05, 4.69) is 75.5 Å². The maximum absolute atomic E-state index is 6.36. The Hall–Kier alpha value is -2.59. The molecule has 128 valence electrons. The molecule has 0 spiro atoms. The molecule has 4 heteroatoms. The molecule has 5 rings (SSSR count). The van der Waals surface area contributed by atoms with Gasteiger partial charge in [-0.2, -0.15) is 5.10 Å². The molecular formula is C22H17BrN2O. The number of benzene rings is 3. The Kier molecular flexibility index (Phi) is 3.79. The number of hydrogen-bond acceptors (Lipinski definition) is 3. The molecule has 26 heavy (non-hydrogen) atoms. The van der Waals surface area contributed by atoms with Crippen molar-refractivity contribution in [2.24, 2.45) is 5.10 Å². The van der Waals surface area contributed by atoms with Gasteiger partial charge in [0.1, 0.15) is 5.75 Å². The monoisotopic (exact) mass is 404 g/mol. The summed E-state index contributed by atoms with van der Waals surface area (Å²) in [4.78, 5) is 0. The van der Waals surface area contributed by atoms with Crippen molar-refractivity contribution in [2.75, 3.05) is 0 Å². The molecule has 2 heterocycles. The van der Waals surface area contributed by atoms with E-state index in [9.17, 15) is 0 Å². The molecule has 0 N–H and O–H groups in total. The molecule has 0 amide bonds. The van der Waals surface area contributed by atoms with E-state index in [1.807, 2.05) is 24.3 Å². The van der Waals surface area contributed by atoms with Gasteiger partial charge in [0, 0.05) is 22.0 Å². The lowest BCUT2D eigenvalue weighted by molar-refractivity contribution is -0.0190. The average molecular weight is 405 g/mol. The molecule has 3 aromatic rings. The number of ether oxygens (including phenoxy) is 1. The maximum Gasteiger partial charge on any atom is 0.213 e. The third kappa shape index (κ3) is 2.61. The van der Waals surface area contributed by atoms with Gasteiger partial charge in [-0.05, 0) is 23.8 Å². The fourth-order valence-electron chi connectivity index (χ4n) is 3.69. The van der Waals surface area contributed by atoms with E-state index in [1.54, 1.807) is 0 Å². The Balaban J connectivity index is 1.60. The highest BCUT2D eigenvalue weighted by molar-refractivity contribution is 9.10. The summed E-state index contributed by atoms with van der Waals surface area (Å²) in [6.07, 6.45) is 0.668. The van der Waals surface area contributed by atoms with Crippen molar-refractivity contribution in [2.45, 2.75) is 18.7 Å². The van der Waals surface area contributed by atoms with Crippen molar-refractivity contribution >= 4 is 21.6 Å². The number of nitrogens with zero attached hydrogens (tertiary/aromatic N) is 2. The van der Waals surface area contributed by atoms with Gasteiger partial charge in [-0.1, -0.05) is 76.6 Å². The highest BCUT2D eigenvalue weighted by Gasteiger charge is 2.40. The van der Waals surface area contributed by atoms with E-state index in [4.69, 9.17) is 9.84 Å². The fraction of sp³-hybridized carbons (Fsp3) is 0.136. The van der Waals surface area contributed by atoms with E-state index in [0.29, 0.717) is 0 Å². The zero-order chi connectivity index (χ0) is 17.5. The first kappa shape index (κ1) is 15.6. The first-order valence-corrected chi connectivity index (χ1v) is 9.51. The van der Waals surface area contributed by atoms with Gasteiger partial charge in [-0.25, -0.2) is 5.01 Å². The Morgan fingerprint density at radius 1 is 0.885 bits per heavy atom. The highest BCUT2D eigenvalue weighted by Crippen LogP contribution is 2.47. The smallest absolute Gasteiger partial charge is 0.213 e. The second-order valence-electron chi connectivity index (χ2n) is 6.57. The van der Waals surface area contributed by atoms with Crippen LogP contribution in [0.4, 0.5) is 0 Å². The summed E-state index contributed by atoms with van der Waals surface area (Å²) in [7, 11) is 0. The van der Waals surface area contributed by atoms with Crippen LogP contribution in [0.5, 0.6) is 5.75 Å². The molecule has 0 aromatic heterocycles. The van der Waals surface area contributed by atoms with Crippen LogP contribution < -0.4 is 4.74 Å². The molecule has 0 bridgehead atoms. The molecule has 0 radical (unpaired) electrons. The Morgan fingerprint density at radius 2 is 1.62 bits per heavy atom. The zero-order valence-electron chi connectivity index (χ0n) is 14.0. The minimum absolute atomic E-state index is 0.198. The molecule has 0 unspecified atom stereocenters. The van der Waals surface area contributed by atoms with Gasteiger partial charge in [0.05, 0.1) is 11.8 Å². The molecule has 0 saturated carbocycles. The van der Waals surface area contributed by atoms with E-state index < -0.39 is 0 Å². The van der Waals surface area contributed by atoms with E-state index >= 15 is 0 Å². The first-order valence-electron chi connectivity index (χ1n) is 8.72. The second kappa shape index (κ2) is 6.29. The van der Waals surface area contributed by atoms with Crippen LogP contribution in [0.15, 0.2) is 88.4 Å². The van der Waals surface area contributed by atoms with Gasteiger partial charge in [0.15, 0.2) is 0 Å². The molecule has 3 nitrogen and oxygen atoms in total. The molecule has 0 saturated heterocycles. The van der Waals surface area contributed by atoms with Gasteiger partial charge in [0.2, 0.25) is 6.23 Å². The molecule has 2 aliphatic heterocycles. The summed E-state index contributed by atoms with van der Waals surface area (Å²) in [6, 6.07) is 27.2. The zero-order valence-corrected chi connectivity index (χ0v) is 15.6. The van der Waals surface area contributed by atoms with Crippen molar-refractivity contribution in [3.63, 3.8) is 0 Å². The number of halogens is 1. The average Bonchev–Trinajstić information content (AvgIpc) is 3.14. The molecule has 2 atom stereocenters. The highest BCUT2D eigenvalue weighted by atomic mass is 79.9. The summed E-state index contributed by atoms with van der Waals surface area (Å²) in [5.74, 6) is 0.950. The number of rotatable bonds is 2. The summed E-state index contributed by atoms with van der Waals surface area (Å²) < 4.78 is 7.42. The molecular weight excluding hydrogens is 388 g/mol. The molecule has 3 aromatic carbocycles. The van der Waals surface area contributed by atoms with Crippen LogP contribution in [0.1, 0.15) is 35.4 Å². The van der Waals surface area contributed by atoms with E-state index in [0.717, 1.165) is 27.9 Å². The standard InChI is InChI=1S/C22H17BrN2O/c23-17-12-10-16(11-13-17)22-25-20(18-8-4-5-9-21(18)26-22)14-19(24-25)15-6-2-1-3-7-15/h1-13,20,22H,14H2/t20-,22-/m1/s1. The summed E-state index contributed by atoms with van der Waals surface area (Å²) in [5, 5.41) is 7.09. The summed E-state index contributed by atoms with van der Waals surface area (Å²) in [5.41, 5.74) is 4.59. The summed E-state index contributed by atoms with van der Waals surface area (Å²) >= 11 is 3.51. The second-order valence-corrected chi connectivity index (χ2v) is 7.49.